The minimum atomic E-state index is -0.134. The Kier molecular flexibility index (Phi) is 7.94. The minimum absolute atomic E-state index is 0.0203. The van der Waals surface area contributed by atoms with Gasteiger partial charge < -0.3 is 19.7 Å². The van der Waals surface area contributed by atoms with Crippen molar-refractivity contribution in [2.24, 2.45) is 11.8 Å². The molecule has 3 atom stereocenters. The monoisotopic (exact) mass is 431 g/mol. The summed E-state index contributed by atoms with van der Waals surface area (Å²) in [7, 11) is 3.50. The number of carbonyl (C=O) groups is 2. The molecule has 7 nitrogen and oxygen atoms in total. The quantitative estimate of drug-likeness (QED) is 0.775. The molecule has 3 rings (SSSR count). The van der Waals surface area contributed by atoms with E-state index in [0.717, 1.165) is 32.4 Å². The fourth-order valence-corrected chi connectivity index (χ4v) is 4.12. The van der Waals surface area contributed by atoms with Crippen molar-refractivity contribution in [2.75, 3.05) is 45.7 Å². The Labute approximate surface area is 186 Å². The number of nitrogens with zero attached hydrogens (tertiary/aromatic N) is 2. The van der Waals surface area contributed by atoms with Crippen LogP contribution in [0.2, 0.25) is 0 Å². The van der Waals surface area contributed by atoms with Gasteiger partial charge in [-0.15, -0.1) is 0 Å². The summed E-state index contributed by atoms with van der Waals surface area (Å²) in [5.74, 6) is 0.798. The zero-order valence-corrected chi connectivity index (χ0v) is 19.5. The van der Waals surface area contributed by atoms with Crippen LogP contribution in [-0.4, -0.2) is 74.2 Å². The third kappa shape index (κ3) is 5.98. The molecule has 7 heteroatoms. The molecule has 1 aliphatic carbocycles. The molecule has 1 aromatic carbocycles. The summed E-state index contributed by atoms with van der Waals surface area (Å²) < 4.78 is 11.9. The maximum absolute atomic E-state index is 13.3. The second-order valence-corrected chi connectivity index (χ2v) is 9.07. The van der Waals surface area contributed by atoms with E-state index in [4.69, 9.17) is 9.47 Å². The summed E-state index contributed by atoms with van der Waals surface area (Å²) in [5.41, 5.74) is 1.10. The van der Waals surface area contributed by atoms with E-state index in [9.17, 15) is 9.59 Å². The molecule has 1 saturated carbocycles. The van der Waals surface area contributed by atoms with Crippen LogP contribution in [0.5, 0.6) is 5.75 Å². The second-order valence-electron chi connectivity index (χ2n) is 9.07. The normalized spacial score (nSPS) is 25.8. The zero-order valence-electron chi connectivity index (χ0n) is 19.5. The van der Waals surface area contributed by atoms with Gasteiger partial charge >= 0.3 is 0 Å². The lowest BCUT2D eigenvalue weighted by Gasteiger charge is -2.35. The van der Waals surface area contributed by atoms with Gasteiger partial charge in [0.2, 0.25) is 5.91 Å². The van der Waals surface area contributed by atoms with Crippen LogP contribution >= 0.6 is 0 Å². The predicted octanol–water partition coefficient (Wildman–Crippen LogP) is 3.25. The van der Waals surface area contributed by atoms with Gasteiger partial charge in [-0.3, -0.25) is 14.5 Å². The fraction of sp³-hybridized carbons (Fsp3) is 0.667. The van der Waals surface area contributed by atoms with Crippen LogP contribution in [0.3, 0.4) is 0 Å². The van der Waals surface area contributed by atoms with Gasteiger partial charge in [0.05, 0.1) is 11.7 Å². The molecule has 0 spiro atoms. The minimum Gasteiger partial charge on any atom is -0.491 e. The molecule has 172 valence electrons. The first-order chi connectivity index (χ1) is 14.8. The number of hydrogen-bond donors (Lipinski definition) is 1. The van der Waals surface area contributed by atoms with Gasteiger partial charge in [-0.05, 0) is 56.8 Å². The van der Waals surface area contributed by atoms with Crippen molar-refractivity contribution in [2.45, 2.75) is 52.2 Å². The number of rotatable bonds is 5. The molecule has 1 N–H and O–H groups in total. The number of benzene rings is 1. The highest BCUT2D eigenvalue weighted by molar-refractivity contribution is 6.00. The number of ether oxygens (including phenoxy) is 2. The highest BCUT2D eigenvalue weighted by Crippen LogP contribution is 2.31. The second kappa shape index (κ2) is 10.5. The number of carbonyl (C=O) groups excluding carboxylic acids is 2. The largest absolute Gasteiger partial charge is 0.491 e. The van der Waals surface area contributed by atoms with Crippen LogP contribution in [0.25, 0.3) is 0 Å². The Balaban J connectivity index is 1.90. The summed E-state index contributed by atoms with van der Waals surface area (Å²) in [6.45, 7) is 9.37. The number of anilines is 1. The van der Waals surface area contributed by atoms with Crippen molar-refractivity contribution in [3.8, 4) is 5.75 Å². The van der Waals surface area contributed by atoms with Crippen molar-refractivity contribution in [3.63, 3.8) is 0 Å². The number of fused-ring (bicyclic) bond motifs is 1. The fourth-order valence-electron chi connectivity index (χ4n) is 4.12. The molecule has 2 amide bonds. The highest BCUT2D eigenvalue weighted by Gasteiger charge is 2.31. The van der Waals surface area contributed by atoms with E-state index in [1.807, 2.05) is 6.07 Å². The summed E-state index contributed by atoms with van der Waals surface area (Å²) in [4.78, 5) is 29.6. The molecule has 1 aliphatic heterocycles. The van der Waals surface area contributed by atoms with Gasteiger partial charge in [0.1, 0.15) is 12.4 Å². The lowest BCUT2D eigenvalue weighted by atomic mass is 10.0. The molecule has 1 heterocycles. The topological polar surface area (TPSA) is 71.1 Å². The molecule has 1 fully saturated rings. The van der Waals surface area contributed by atoms with E-state index in [-0.39, 0.29) is 35.8 Å². The first kappa shape index (κ1) is 23.5. The van der Waals surface area contributed by atoms with E-state index in [1.165, 1.54) is 0 Å². The number of nitrogens with one attached hydrogen (secondary N) is 1. The van der Waals surface area contributed by atoms with E-state index >= 15 is 0 Å². The molecular weight excluding hydrogens is 394 g/mol. The first-order valence-electron chi connectivity index (χ1n) is 11.4. The van der Waals surface area contributed by atoms with E-state index in [1.54, 1.807) is 31.2 Å². The maximum Gasteiger partial charge on any atom is 0.257 e. The van der Waals surface area contributed by atoms with Gasteiger partial charge in [-0.1, -0.05) is 13.8 Å². The van der Waals surface area contributed by atoms with Gasteiger partial charge in [0.15, 0.2) is 0 Å². The molecule has 0 radical (unpaired) electrons. The average Bonchev–Trinajstić information content (AvgIpc) is 3.60. The van der Waals surface area contributed by atoms with Gasteiger partial charge in [-0.2, -0.15) is 0 Å². The SMILES string of the molecule is CCCN1C[C@H](C)[C@H](OC)CN(C)C(=O)c2cc(NC(=O)C3CC3)ccc2OC[C@@H]1C. The van der Waals surface area contributed by atoms with Crippen molar-refractivity contribution in [1.29, 1.82) is 0 Å². The number of hydrogen-bond acceptors (Lipinski definition) is 5. The molecule has 1 aromatic rings. The molecule has 31 heavy (non-hydrogen) atoms. The summed E-state index contributed by atoms with van der Waals surface area (Å²) in [5, 5.41) is 2.94. The van der Waals surface area contributed by atoms with E-state index in [2.05, 4.69) is 31.0 Å². The Morgan fingerprint density at radius 3 is 2.65 bits per heavy atom. The smallest absolute Gasteiger partial charge is 0.257 e. The van der Waals surface area contributed by atoms with Crippen molar-refractivity contribution < 1.29 is 19.1 Å². The number of likely N-dealkylation sites (N-methyl/N-ethyl adjacent to an activating group) is 1. The van der Waals surface area contributed by atoms with Crippen LogP contribution in [0.1, 0.15) is 50.4 Å². The number of methoxy groups -OCH3 is 1. The Hall–Kier alpha value is -2.12. The van der Waals surface area contributed by atoms with E-state index < -0.39 is 0 Å². The van der Waals surface area contributed by atoms with E-state index in [0.29, 0.717) is 30.2 Å². The highest BCUT2D eigenvalue weighted by atomic mass is 16.5. The third-order valence-corrected chi connectivity index (χ3v) is 6.30. The Morgan fingerprint density at radius 1 is 1.26 bits per heavy atom. The molecule has 0 aromatic heterocycles. The summed E-state index contributed by atoms with van der Waals surface area (Å²) in [6, 6.07) is 5.55. The average molecular weight is 432 g/mol. The van der Waals surface area contributed by atoms with Crippen LogP contribution in [0, 0.1) is 11.8 Å². The summed E-state index contributed by atoms with van der Waals surface area (Å²) >= 11 is 0. The lowest BCUT2D eigenvalue weighted by Crippen LogP contribution is -2.46. The Bertz CT molecular complexity index is 780. The lowest BCUT2D eigenvalue weighted by molar-refractivity contribution is -0.117. The third-order valence-electron chi connectivity index (χ3n) is 6.30. The van der Waals surface area contributed by atoms with Crippen molar-refractivity contribution >= 4 is 17.5 Å². The standard InChI is InChI=1S/C24H37N3O4/c1-6-11-27-13-16(2)22(30-5)14-26(4)24(29)20-12-19(25-23(28)18-7-8-18)9-10-21(20)31-15-17(27)3/h9-10,12,16-18,22H,6-8,11,13-15H2,1-5H3,(H,25,28)/t16-,17-,22+/m0/s1. The van der Waals surface area contributed by atoms with Gasteiger partial charge in [-0.25, -0.2) is 0 Å². The predicted molar refractivity (Wildman–Crippen MR) is 122 cm³/mol. The van der Waals surface area contributed by atoms with Crippen molar-refractivity contribution in [3.05, 3.63) is 23.8 Å². The van der Waals surface area contributed by atoms with Crippen LogP contribution in [0.15, 0.2) is 18.2 Å². The maximum atomic E-state index is 13.3. The number of amides is 2. The van der Waals surface area contributed by atoms with Crippen LogP contribution in [0.4, 0.5) is 5.69 Å². The van der Waals surface area contributed by atoms with Crippen LogP contribution in [-0.2, 0) is 9.53 Å². The zero-order chi connectivity index (χ0) is 22.5. The first-order valence-corrected chi connectivity index (χ1v) is 11.4. The molecule has 2 aliphatic rings. The van der Waals surface area contributed by atoms with Gasteiger partial charge in [0, 0.05) is 44.9 Å². The molecule has 0 saturated heterocycles. The van der Waals surface area contributed by atoms with Gasteiger partial charge in [0.25, 0.3) is 5.91 Å². The molecule has 0 bridgehead atoms. The van der Waals surface area contributed by atoms with Crippen LogP contribution < -0.4 is 10.1 Å². The Morgan fingerprint density at radius 2 is 2.00 bits per heavy atom. The van der Waals surface area contributed by atoms with Crippen molar-refractivity contribution in [1.82, 2.24) is 9.80 Å². The molecular formula is C24H37N3O4. The molecule has 0 unspecified atom stereocenters. The summed E-state index contributed by atoms with van der Waals surface area (Å²) in [6.07, 6.45) is 2.87.